The highest BCUT2D eigenvalue weighted by Gasteiger charge is 2.32. The van der Waals surface area contributed by atoms with E-state index >= 15 is 0 Å². The summed E-state index contributed by atoms with van der Waals surface area (Å²) in [7, 11) is -3.19. The second-order valence-corrected chi connectivity index (χ2v) is 11.3. The first kappa shape index (κ1) is 27.0. The summed E-state index contributed by atoms with van der Waals surface area (Å²) >= 11 is 0. The Morgan fingerprint density at radius 3 is 2.23 bits per heavy atom. The summed E-state index contributed by atoms with van der Waals surface area (Å²) in [4.78, 5) is 8.90. The number of hydrogen-bond donors (Lipinski definition) is 5. The number of hydrogen-bond acceptors (Lipinski definition) is 8. The van der Waals surface area contributed by atoms with Gasteiger partial charge in [-0.1, -0.05) is 30.3 Å². The number of aliphatic hydroxyl groups excluding tert-OH is 1. The molecular formula is C28H29F2N5O3S. The summed E-state index contributed by atoms with van der Waals surface area (Å²) in [5.41, 5.74) is 1.84. The van der Waals surface area contributed by atoms with Crippen molar-refractivity contribution in [3.05, 3.63) is 102 Å². The molecule has 1 aliphatic heterocycles. The van der Waals surface area contributed by atoms with Crippen molar-refractivity contribution >= 4 is 33.9 Å². The molecule has 11 heteroatoms. The summed E-state index contributed by atoms with van der Waals surface area (Å²) < 4.78 is 50.4. The van der Waals surface area contributed by atoms with E-state index in [1.807, 2.05) is 30.3 Å². The van der Waals surface area contributed by atoms with Crippen LogP contribution in [0.2, 0.25) is 0 Å². The molecule has 1 fully saturated rings. The van der Waals surface area contributed by atoms with E-state index in [-0.39, 0.29) is 11.9 Å². The summed E-state index contributed by atoms with van der Waals surface area (Å²) in [6, 6.07) is 21.3. The fourth-order valence-corrected chi connectivity index (χ4v) is 6.10. The van der Waals surface area contributed by atoms with Crippen LogP contribution in [-0.2, 0) is 0 Å². The van der Waals surface area contributed by atoms with Gasteiger partial charge in [0.05, 0.1) is 11.0 Å². The topological polar surface area (TPSA) is 114 Å². The van der Waals surface area contributed by atoms with Gasteiger partial charge in [-0.05, 0) is 66.8 Å². The van der Waals surface area contributed by atoms with Crippen LogP contribution in [0.3, 0.4) is 0 Å². The standard InChI is InChI=1S/C28H29F2N5O3S/c29-24-11-8-22(18-25(24)30)32-26-12-15-31-28(34-26)33-21-6-9-23(10-7-21)39(37,38)35-16-13-20(14-17-35)27(36)19-4-2-1-3-5-19/h1-12,15,18,20,27,36-38H,13-14,16-17H2,(H2,31,32,33,34). The molecule has 1 aliphatic rings. The van der Waals surface area contributed by atoms with Gasteiger partial charge < -0.3 is 15.7 Å². The Labute approximate surface area is 226 Å². The molecule has 0 aliphatic carbocycles. The minimum atomic E-state index is -3.19. The van der Waals surface area contributed by atoms with Crippen LogP contribution in [-0.4, -0.2) is 41.6 Å². The van der Waals surface area contributed by atoms with E-state index in [1.165, 1.54) is 12.3 Å². The average molecular weight is 554 g/mol. The Morgan fingerprint density at radius 1 is 0.846 bits per heavy atom. The number of nitrogens with one attached hydrogen (secondary N) is 2. The second kappa shape index (κ2) is 11.6. The van der Waals surface area contributed by atoms with E-state index in [1.54, 1.807) is 34.6 Å². The van der Waals surface area contributed by atoms with Crippen molar-refractivity contribution in [2.24, 2.45) is 5.92 Å². The van der Waals surface area contributed by atoms with Gasteiger partial charge in [-0.2, -0.15) is 4.98 Å². The van der Waals surface area contributed by atoms with Crippen LogP contribution in [0.15, 0.2) is 90.0 Å². The predicted octanol–water partition coefficient (Wildman–Crippen LogP) is 6.71. The third kappa shape index (κ3) is 6.35. The van der Waals surface area contributed by atoms with Gasteiger partial charge >= 0.3 is 0 Å². The monoisotopic (exact) mass is 553 g/mol. The molecule has 5 N–H and O–H groups in total. The van der Waals surface area contributed by atoms with Gasteiger partial charge in [0.15, 0.2) is 11.6 Å². The first-order chi connectivity index (χ1) is 18.8. The number of aromatic nitrogens is 2. The Bertz CT molecular complexity index is 1400. The number of rotatable bonds is 8. The van der Waals surface area contributed by atoms with Gasteiger partial charge in [-0.15, -0.1) is 10.8 Å². The molecule has 1 atom stereocenters. The van der Waals surface area contributed by atoms with Crippen LogP contribution in [0, 0.1) is 17.6 Å². The molecule has 3 aromatic carbocycles. The second-order valence-electron chi connectivity index (χ2n) is 9.31. The molecule has 4 aromatic rings. The number of benzene rings is 3. The largest absolute Gasteiger partial charge is 0.388 e. The number of anilines is 4. The van der Waals surface area contributed by atoms with Crippen molar-refractivity contribution in [3.63, 3.8) is 0 Å². The first-order valence-electron chi connectivity index (χ1n) is 12.5. The number of halogens is 2. The smallest absolute Gasteiger partial charge is 0.229 e. The van der Waals surface area contributed by atoms with Gasteiger partial charge in [0.2, 0.25) is 5.95 Å². The number of nitrogens with zero attached hydrogens (tertiary/aromatic N) is 3. The van der Waals surface area contributed by atoms with Gasteiger partial charge in [-0.3, -0.25) is 9.11 Å². The molecule has 5 rings (SSSR count). The van der Waals surface area contributed by atoms with E-state index in [0.29, 0.717) is 48.0 Å². The molecule has 0 radical (unpaired) electrons. The molecule has 39 heavy (non-hydrogen) atoms. The maximum absolute atomic E-state index is 13.5. The van der Waals surface area contributed by atoms with Crippen molar-refractivity contribution in [1.29, 1.82) is 0 Å². The van der Waals surface area contributed by atoms with Gasteiger partial charge in [0, 0.05) is 36.7 Å². The number of aliphatic hydroxyl groups is 1. The molecule has 1 unspecified atom stereocenters. The fourth-order valence-electron chi connectivity index (χ4n) is 4.58. The summed E-state index contributed by atoms with van der Waals surface area (Å²) in [5.74, 6) is -1.20. The highest BCUT2D eigenvalue weighted by molar-refractivity contribution is 8.22. The Morgan fingerprint density at radius 2 is 1.54 bits per heavy atom. The molecule has 0 bridgehead atoms. The van der Waals surface area contributed by atoms with E-state index in [4.69, 9.17) is 0 Å². The maximum Gasteiger partial charge on any atom is 0.229 e. The van der Waals surface area contributed by atoms with Crippen LogP contribution in [0.1, 0.15) is 24.5 Å². The zero-order valence-electron chi connectivity index (χ0n) is 20.9. The Kier molecular flexibility index (Phi) is 8.05. The molecule has 0 spiro atoms. The summed E-state index contributed by atoms with van der Waals surface area (Å²) in [6.45, 7) is 0.922. The molecule has 1 saturated heterocycles. The third-order valence-electron chi connectivity index (χ3n) is 6.72. The normalized spacial score (nSPS) is 16.0. The Balaban J connectivity index is 1.19. The SMILES string of the molecule is OC(c1ccccc1)C1CCN(S(O)(O)c2ccc(Nc3nccc(Nc4ccc(F)c(F)c4)n3)cc2)CC1. The van der Waals surface area contributed by atoms with Crippen molar-refractivity contribution in [2.45, 2.75) is 23.8 Å². The fraction of sp³-hybridized carbons (Fsp3) is 0.214. The van der Waals surface area contributed by atoms with Gasteiger partial charge in [0.25, 0.3) is 0 Å². The molecule has 8 nitrogen and oxygen atoms in total. The third-order valence-corrected chi connectivity index (χ3v) is 8.71. The van der Waals surface area contributed by atoms with Crippen LogP contribution in [0.4, 0.5) is 31.9 Å². The summed E-state index contributed by atoms with van der Waals surface area (Å²) in [6.07, 6.45) is 2.24. The van der Waals surface area contributed by atoms with Crippen molar-refractivity contribution in [1.82, 2.24) is 14.3 Å². The molecule has 204 valence electrons. The zero-order chi connectivity index (χ0) is 27.4. The minimum Gasteiger partial charge on any atom is -0.388 e. The van der Waals surface area contributed by atoms with Crippen molar-refractivity contribution in [2.75, 3.05) is 23.7 Å². The Hall–Kier alpha value is -3.61. The molecule has 0 saturated carbocycles. The molecular weight excluding hydrogens is 524 g/mol. The molecule has 0 amide bonds. The highest BCUT2D eigenvalue weighted by Crippen LogP contribution is 2.53. The van der Waals surface area contributed by atoms with Crippen LogP contribution in [0.25, 0.3) is 0 Å². The van der Waals surface area contributed by atoms with E-state index in [0.717, 1.165) is 17.7 Å². The quantitative estimate of drug-likeness (QED) is 0.164. The van der Waals surface area contributed by atoms with Crippen LogP contribution < -0.4 is 10.6 Å². The van der Waals surface area contributed by atoms with Gasteiger partial charge in [-0.25, -0.2) is 18.1 Å². The molecule has 1 aromatic heterocycles. The maximum atomic E-state index is 13.5. The van der Waals surface area contributed by atoms with Crippen molar-refractivity contribution < 1.29 is 23.0 Å². The van der Waals surface area contributed by atoms with E-state index in [9.17, 15) is 23.0 Å². The average Bonchev–Trinajstić information content (AvgIpc) is 2.96. The van der Waals surface area contributed by atoms with Crippen LogP contribution >= 0.6 is 10.8 Å². The summed E-state index contributed by atoms with van der Waals surface area (Å²) in [5, 5.41) is 16.7. The first-order valence-corrected chi connectivity index (χ1v) is 14.0. The van der Waals surface area contributed by atoms with E-state index < -0.39 is 28.5 Å². The lowest BCUT2D eigenvalue weighted by atomic mass is 9.88. The highest BCUT2D eigenvalue weighted by atomic mass is 32.3. The predicted molar refractivity (Wildman–Crippen MR) is 148 cm³/mol. The van der Waals surface area contributed by atoms with Crippen LogP contribution in [0.5, 0.6) is 0 Å². The lowest BCUT2D eigenvalue weighted by Crippen LogP contribution is -2.37. The zero-order valence-corrected chi connectivity index (χ0v) is 21.7. The molecule has 2 heterocycles. The van der Waals surface area contributed by atoms with E-state index in [2.05, 4.69) is 20.6 Å². The van der Waals surface area contributed by atoms with Crippen molar-refractivity contribution in [3.8, 4) is 0 Å². The lowest BCUT2D eigenvalue weighted by Gasteiger charge is -2.46. The number of piperidine rings is 1. The minimum absolute atomic E-state index is 0.0535. The van der Waals surface area contributed by atoms with Gasteiger partial charge in [0.1, 0.15) is 5.82 Å². The lowest BCUT2D eigenvalue weighted by molar-refractivity contribution is 0.0741.